The zero-order valence-electron chi connectivity index (χ0n) is 16.5. The number of aryl methyl sites for hydroxylation is 1. The Labute approximate surface area is 169 Å². The van der Waals surface area contributed by atoms with E-state index in [1.807, 2.05) is 48.1 Å². The van der Waals surface area contributed by atoms with Gasteiger partial charge in [0, 0.05) is 43.5 Å². The van der Waals surface area contributed by atoms with E-state index < -0.39 is 6.04 Å². The van der Waals surface area contributed by atoms with Crippen molar-refractivity contribution in [3.05, 3.63) is 83.9 Å². The van der Waals surface area contributed by atoms with Gasteiger partial charge in [0.25, 0.3) is 5.91 Å². The smallest absolute Gasteiger partial charge is 0.251 e. The summed E-state index contributed by atoms with van der Waals surface area (Å²) in [5.74, 6) is 0.954. The Balaban J connectivity index is 1.67. The van der Waals surface area contributed by atoms with Gasteiger partial charge in [0.1, 0.15) is 17.6 Å². The maximum atomic E-state index is 12.6. The number of hydrogen-bond donors (Lipinski definition) is 2. The van der Waals surface area contributed by atoms with Crippen LogP contribution in [-0.4, -0.2) is 35.0 Å². The Bertz CT molecular complexity index is 969. The predicted octanol–water partition coefficient (Wildman–Crippen LogP) is 2.45. The lowest BCUT2D eigenvalue weighted by atomic mass is 10.0. The highest BCUT2D eigenvalue weighted by Gasteiger charge is 2.23. The third-order valence-corrected chi connectivity index (χ3v) is 4.55. The number of carbonyl (C=O) groups is 2. The number of nitrogens with zero attached hydrogens (tertiary/aromatic N) is 2. The van der Waals surface area contributed by atoms with Gasteiger partial charge in [-0.1, -0.05) is 36.4 Å². The van der Waals surface area contributed by atoms with Crippen molar-refractivity contribution in [2.75, 3.05) is 13.7 Å². The molecule has 0 aliphatic rings. The first-order chi connectivity index (χ1) is 14.1. The molecule has 29 heavy (non-hydrogen) atoms. The third kappa shape index (κ3) is 5.01. The van der Waals surface area contributed by atoms with E-state index in [0.29, 0.717) is 17.1 Å². The van der Waals surface area contributed by atoms with Crippen LogP contribution in [0.3, 0.4) is 0 Å². The maximum absolute atomic E-state index is 12.6. The van der Waals surface area contributed by atoms with Gasteiger partial charge in [0.2, 0.25) is 5.91 Å². The number of ether oxygens (including phenoxy) is 1. The van der Waals surface area contributed by atoms with Crippen molar-refractivity contribution in [1.29, 1.82) is 0 Å². The number of nitrogens with one attached hydrogen (secondary N) is 2. The van der Waals surface area contributed by atoms with Gasteiger partial charge in [-0.25, -0.2) is 4.98 Å². The van der Waals surface area contributed by atoms with Gasteiger partial charge in [0.05, 0.1) is 7.11 Å². The lowest BCUT2D eigenvalue weighted by Gasteiger charge is -2.21. The average molecular weight is 392 g/mol. The van der Waals surface area contributed by atoms with Crippen LogP contribution < -0.4 is 15.4 Å². The van der Waals surface area contributed by atoms with Crippen molar-refractivity contribution in [2.45, 2.75) is 12.5 Å². The number of hydrogen-bond acceptors (Lipinski definition) is 4. The molecule has 1 heterocycles. The van der Waals surface area contributed by atoms with E-state index in [1.165, 1.54) is 0 Å². The van der Waals surface area contributed by atoms with Crippen molar-refractivity contribution in [3.63, 3.8) is 0 Å². The predicted molar refractivity (Wildman–Crippen MR) is 110 cm³/mol. The molecule has 0 fully saturated rings. The first-order valence-corrected chi connectivity index (χ1v) is 9.33. The molecular formula is C22H24N4O3. The molecule has 7 heteroatoms. The summed E-state index contributed by atoms with van der Waals surface area (Å²) >= 11 is 0. The molecule has 0 aliphatic carbocycles. The summed E-state index contributed by atoms with van der Waals surface area (Å²) in [6.07, 6.45) is 3.66. The number of benzene rings is 2. The van der Waals surface area contributed by atoms with Crippen molar-refractivity contribution >= 4 is 11.8 Å². The minimum absolute atomic E-state index is 0.147. The summed E-state index contributed by atoms with van der Waals surface area (Å²) in [6.45, 7) is 0.235. The van der Waals surface area contributed by atoms with E-state index in [2.05, 4.69) is 15.6 Å². The van der Waals surface area contributed by atoms with Crippen LogP contribution in [0, 0.1) is 0 Å². The number of para-hydroxylation sites is 1. The molecule has 1 aromatic heterocycles. The van der Waals surface area contributed by atoms with Crippen LogP contribution in [0.2, 0.25) is 0 Å². The van der Waals surface area contributed by atoms with E-state index in [0.717, 1.165) is 5.56 Å². The molecule has 3 aromatic rings. The van der Waals surface area contributed by atoms with Crippen molar-refractivity contribution in [3.8, 4) is 5.75 Å². The van der Waals surface area contributed by atoms with Crippen LogP contribution in [0.5, 0.6) is 5.75 Å². The fourth-order valence-corrected chi connectivity index (χ4v) is 3.06. The second-order valence-corrected chi connectivity index (χ2v) is 6.51. The third-order valence-electron chi connectivity index (χ3n) is 4.55. The van der Waals surface area contributed by atoms with Gasteiger partial charge in [-0.3, -0.25) is 9.59 Å². The van der Waals surface area contributed by atoms with Crippen LogP contribution in [0.25, 0.3) is 0 Å². The van der Waals surface area contributed by atoms with Gasteiger partial charge in [-0.15, -0.1) is 0 Å². The summed E-state index contributed by atoms with van der Waals surface area (Å²) < 4.78 is 7.32. The fraction of sp³-hybridized carbons (Fsp3) is 0.227. The topological polar surface area (TPSA) is 85.2 Å². The van der Waals surface area contributed by atoms with Crippen molar-refractivity contribution < 1.29 is 14.3 Å². The Morgan fingerprint density at radius 3 is 2.52 bits per heavy atom. The minimum atomic E-state index is -0.469. The second-order valence-electron chi connectivity index (χ2n) is 6.51. The average Bonchev–Trinajstić information content (AvgIpc) is 3.18. The molecule has 2 aromatic carbocycles. The van der Waals surface area contributed by atoms with Crippen LogP contribution in [0.15, 0.2) is 67.0 Å². The van der Waals surface area contributed by atoms with E-state index in [9.17, 15) is 9.59 Å². The van der Waals surface area contributed by atoms with E-state index in [4.69, 9.17) is 4.74 Å². The molecule has 3 rings (SSSR count). The number of imidazole rings is 1. The first-order valence-electron chi connectivity index (χ1n) is 9.33. The number of rotatable bonds is 8. The number of carbonyl (C=O) groups excluding carboxylic acids is 2. The molecule has 2 amide bonds. The van der Waals surface area contributed by atoms with Crippen molar-refractivity contribution in [1.82, 2.24) is 20.2 Å². The maximum Gasteiger partial charge on any atom is 0.251 e. The highest BCUT2D eigenvalue weighted by Crippen LogP contribution is 2.29. The summed E-state index contributed by atoms with van der Waals surface area (Å²) in [5, 5.41) is 5.78. The largest absolute Gasteiger partial charge is 0.496 e. The quantitative estimate of drug-likeness (QED) is 0.617. The van der Waals surface area contributed by atoms with E-state index in [1.54, 1.807) is 37.6 Å². The molecule has 1 unspecified atom stereocenters. The standard InChI is InChI=1S/C22H24N4O3/c1-26-15-14-23-21(26)20(17-10-6-7-11-18(17)29-2)25-19(27)12-13-24-22(28)16-8-4-3-5-9-16/h3-11,14-15,20H,12-13H2,1-2H3,(H,24,28)(H,25,27). The number of amides is 2. The summed E-state index contributed by atoms with van der Waals surface area (Å²) in [4.78, 5) is 29.1. The summed E-state index contributed by atoms with van der Waals surface area (Å²) in [7, 11) is 3.46. The minimum Gasteiger partial charge on any atom is -0.496 e. The van der Waals surface area contributed by atoms with Gasteiger partial charge in [0.15, 0.2) is 0 Å². The van der Waals surface area contributed by atoms with Gasteiger partial charge in [-0.2, -0.15) is 0 Å². The van der Waals surface area contributed by atoms with Gasteiger partial charge < -0.3 is 19.9 Å². The Hall–Kier alpha value is -3.61. The zero-order valence-corrected chi connectivity index (χ0v) is 16.5. The molecule has 150 valence electrons. The number of methoxy groups -OCH3 is 1. The van der Waals surface area contributed by atoms with Gasteiger partial charge >= 0.3 is 0 Å². The van der Waals surface area contributed by atoms with Crippen LogP contribution in [0.4, 0.5) is 0 Å². The zero-order chi connectivity index (χ0) is 20.6. The fourth-order valence-electron chi connectivity index (χ4n) is 3.06. The highest BCUT2D eigenvalue weighted by atomic mass is 16.5. The SMILES string of the molecule is COc1ccccc1C(NC(=O)CCNC(=O)c1ccccc1)c1nccn1C. The molecule has 7 nitrogen and oxygen atoms in total. The Morgan fingerprint density at radius 1 is 1.10 bits per heavy atom. The molecular weight excluding hydrogens is 368 g/mol. The summed E-state index contributed by atoms with van der Waals surface area (Å²) in [6, 6.07) is 15.9. The van der Waals surface area contributed by atoms with E-state index >= 15 is 0 Å². The normalized spacial score (nSPS) is 11.5. The Morgan fingerprint density at radius 2 is 1.83 bits per heavy atom. The van der Waals surface area contributed by atoms with Crippen LogP contribution in [0.1, 0.15) is 34.2 Å². The number of aromatic nitrogens is 2. The van der Waals surface area contributed by atoms with Gasteiger partial charge in [-0.05, 0) is 18.2 Å². The monoisotopic (exact) mass is 392 g/mol. The molecule has 0 aliphatic heterocycles. The molecule has 0 spiro atoms. The molecule has 0 bridgehead atoms. The lowest BCUT2D eigenvalue weighted by molar-refractivity contribution is -0.121. The first kappa shape index (κ1) is 20.1. The molecule has 2 N–H and O–H groups in total. The Kier molecular flexibility index (Phi) is 6.63. The molecule has 0 saturated carbocycles. The molecule has 0 radical (unpaired) electrons. The van der Waals surface area contributed by atoms with Crippen LogP contribution >= 0.6 is 0 Å². The highest BCUT2D eigenvalue weighted by molar-refractivity contribution is 5.94. The van der Waals surface area contributed by atoms with Crippen molar-refractivity contribution in [2.24, 2.45) is 7.05 Å². The summed E-state index contributed by atoms with van der Waals surface area (Å²) in [5.41, 5.74) is 1.37. The molecule has 1 atom stereocenters. The van der Waals surface area contributed by atoms with E-state index in [-0.39, 0.29) is 24.8 Å². The second kappa shape index (κ2) is 9.54. The van der Waals surface area contributed by atoms with Crippen LogP contribution in [-0.2, 0) is 11.8 Å². The lowest BCUT2D eigenvalue weighted by Crippen LogP contribution is -2.34. The molecule has 0 saturated heterocycles.